The number of nitro groups is 1. The summed E-state index contributed by atoms with van der Waals surface area (Å²) in [5.41, 5.74) is 1.33. The fourth-order valence-corrected chi connectivity index (χ4v) is 3.55. The van der Waals surface area contributed by atoms with Gasteiger partial charge in [0.05, 0.1) is 16.4 Å². The molecule has 0 N–H and O–H groups in total. The van der Waals surface area contributed by atoms with Crippen molar-refractivity contribution < 1.29 is 28.8 Å². The fraction of sp³-hybridized carbons (Fsp3) is 0.190. The van der Waals surface area contributed by atoms with Gasteiger partial charge in [-0.05, 0) is 48.0 Å². The zero-order valence-corrected chi connectivity index (χ0v) is 17.3. The molecule has 31 heavy (non-hydrogen) atoms. The second kappa shape index (κ2) is 9.90. The van der Waals surface area contributed by atoms with Crippen molar-refractivity contribution in [2.75, 3.05) is 13.2 Å². The Labute approximate surface area is 181 Å². The van der Waals surface area contributed by atoms with Gasteiger partial charge in [-0.3, -0.25) is 29.4 Å². The summed E-state index contributed by atoms with van der Waals surface area (Å²) >= 11 is 0.757. The Balaban J connectivity index is 1.62. The Morgan fingerprint density at radius 2 is 1.94 bits per heavy atom. The summed E-state index contributed by atoms with van der Waals surface area (Å²) in [7, 11) is 0. The number of thioether (sulfide) groups is 1. The SMILES string of the molecule is CCOC(=O)CN1C(=O)SC(=Cc2ccc(OCc3cccc([N+](=O)[O-])c3)cc2)C1=O. The van der Waals surface area contributed by atoms with Crippen LogP contribution in [0, 0.1) is 10.1 Å². The van der Waals surface area contributed by atoms with E-state index in [0.29, 0.717) is 16.9 Å². The molecular weight excluding hydrogens is 424 g/mol. The number of amides is 2. The van der Waals surface area contributed by atoms with Gasteiger partial charge in [0.2, 0.25) is 0 Å². The van der Waals surface area contributed by atoms with Gasteiger partial charge in [0.1, 0.15) is 18.9 Å². The zero-order chi connectivity index (χ0) is 22.4. The van der Waals surface area contributed by atoms with Gasteiger partial charge >= 0.3 is 5.97 Å². The Hall–Kier alpha value is -3.66. The van der Waals surface area contributed by atoms with Crippen molar-refractivity contribution in [1.29, 1.82) is 0 Å². The van der Waals surface area contributed by atoms with Crippen LogP contribution in [0.4, 0.5) is 10.5 Å². The van der Waals surface area contributed by atoms with Gasteiger partial charge in [0.25, 0.3) is 16.8 Å². The quantitative estimate of drug-likeness (QED) is 0.262. The normalized spacial score (nSPS) is 14.7. The van der Waals surface area contributed by atoms with Gasteiger partial charge in [-0.2, -0.15) is 0 Å². The lowest BCUT2D eigenvalue weighted by molar-refractivity contribution is -0.384. The molecule has 1 heterocycles. The van der Waals surface area contributed by atoms with E-state index in [-0.39, 0.29) is 23.8 Å². The van der Waals surface area contributed by atoms with Crippen molar-refractivity contribution >= 4 is 40.6 Å². The number of hydrogen-bond donors (Lipinski definition) is 0. The Kier molecular flexibility index (Phi) is 7.03. The van der Waals surface area contributed by atoms with Crippen molar-refractivity contribution in [3.8, 4) is 5.75 Å². The second-order valence-electron chi connectivity index (χ2n) is 6.36. The molecule has 9 nitrogen and oxygen atoms in total. The molecule has 1 aliphatic rings. The molecule has 1 aliphatic heterocycles. The average Bonchev–Trinajstić information content (AvgIpc) is 3.01. The maximum Gasteiger partial charge on any atom is 0.326 e. The van der Waals surface area contributed by atoms with Crippen molar-refractivity contribution in [2.24, 2.45) is 0 Å². The molecule has 0 atom stereocenters. The van der Waals surface area contributed by atoms with Crippen LogP contribution in [0.5, 0.6) is 5.75 Å². The van der Waals surface area contributed by atoms with Crippen LogP contribution in [0.2, 0.25) is 0 Å². The van der Waals surface area contributed by atoms with E-state index in [0.717, 1.165) is 16.7 Å². The van der Waals surface area contributed by atoms with Crippen molar-refractivity contribution in [2.45, 2.75) is 13.5 Å². The summed E-state index contributed by atoms with van der Waals surface area (Å²) < 4.78 is 10.4. The largest absolute Gasteiger partial charge is 0.489 e. The van der Waals surface area contributed by atoms with Crippen molar-refractivity contribution in [3.63, 3.8) is 0 Å². The first-order chi connectivity index (χ1) is 14.9. The van der Waals surface area contributed by atoms with Gasteiger partial charge in [-0.15, -0.1) is 0 Å². The lowest BCUT2D eigenvalue weighted by atomic mass is 10.2. The van der Waals surface area contributed by atoms with Crippen LogP contribution in [0.15, 0.2) is 53.4 Å². The van der Waals surface area contributed by atoms with Crippen LogP contribution >= 0.6 is 11.8 Å². The number of carbonyl (C=O) groups excluding carboxylic acids is 3. The topological polar surface area (TPSA) is 116 Å². The van der Waals surface area contributed by atoms with E-state index in [1.54, 1.807) is 49.4 Å². The molecule has 0 aliphatic carbocycles. The second-order valence-corrected chi connectivity index (χ2v) is 7.35. The molecule has 1 fully saturated rings. The van der Waals surface area contributed by atoms with Gasteiger partial charge in [0.15, 0.2) is 0 Å². The average molecular weight is 442 g/mol. The number of hydrogen-bond acceptors (Lipinski definition) is 8. The molecule has 0 radical (unpaired) electrons. The number of benzene rings is 2. The summed E-state index contributed by atoms with van der Waals surface area (Å²) in [6, 6.07) is 13.0. The maximum atomic E-state index is 12.4. The third kappa shape index (κ3) is 5.70. The number of carbonyl (C=O) groups is 3. The van der Waals surface area contributed by atoms with Gasteiger partial charge < -0.3 is 9.47 Å². The van der Waals surface area contributed by atoms with E-state index in [1.165, 1.54) is 12.1 Å². The molecule has 0 spiro atoms. The summed E-state index contributed by atoms with van der Waals surface area (Å²) in [4.78, 5) is 47.4. The van der Waals surface area contributed by atoms with Gasteiger partial charge in [0, 0.05) is 12.1 Å². The summed E-state index contributed by atoms with van der Waals surface area (Å²) in [5, 5.41) is 10.3. The summed E-state index contributed by atoms with van der Waals surface area (Å²) in [5.74, 6) is -0.649. The summed E-state index contributed by atoms with van der Waals surface area (Å²) in [6.07, 6.45) is 1.56. The van der Waals surface area contributed by atoms with E-state index in [2.05, 4.69) is 0 Å². The Morgan fingerprint density at radius 1 is 1.19 bits per heavy atom. The number of nitrogens with zero attached hydrogens (tertiary/aromatic N) is 2. The van der Waals surface area contributed by atoms with Gasteiger partial charge in [-0.25, -0.2) is 0 Å². The Morgan fingerprint density at radius 3 is 2.61 bits per heavy atom. The highest BCUT2D eigenvalue weighted by Crippen LogP contribution is 2.32. The highest BCUT2D eigenvalue weighted by molar-refractivity contribution is 8.18. The minimum absolute atomic E-state index is 0.00616. The predicted molar refractivity (Wildman–Crippen MR) is 113 cm³/mol. The highest BCUT2D eigenvalue weighted by Gasteiger charge is 2.36. The molecule has 2 aromatic carbocycles. The molecule has 1 saturated heterocycles. The molecule has 0 aromatic heterocycles. The fourth-order valence-electron chi connectivity index (χ4n) is 2.71. The Bertz CT molecular complexity index is 1050. The molecule has 10 heteroatoms. The van der Waals surface area contributed by atoms with Crippen LogP contribution < -0.4 is 4.74 Å². The van der Waals surface area contributed by atoms with E-state index < -0.39 is 28.6 Å². The van der Waals surface area contributed by atoms with Crippen molar-refractivity contribution in [3.05, 3.63) is 74.7 Å². The number of rotatable bonds is 8. The van der Waals surface area contributed by atoms with E-state index >= 15 is 0 Å². The molecule has 3 rings (SSSR count). The first-order valence-corrected chi connectivity index (χ1v) is 10.1. The summed E-state index contributed by atoms with van der Waals surface area (Å²) in [6.45, 7) is 1.55. The molecular formula is C21H18N2O7S. The smallest absolute Gasteiger partial charge is 0.326 e. The molecule has 160 valence electrons. The number of non-ortho nitro benzene ring substituents is 1. The van der Waals surface area contributed by atoms with Crippen LogP contribution in [0.3, 0.4) is 0 Å². The van der Waals surface area contributed by atoms with Crippen LogP contribution in [0.1, 0.15) is 18.1 Å². The number of esters is 1. The molecule has 0 unspecified atom stereocenters. The number of imide groups is 1. The molecule has 2 aromatic rings. The highest BCUT2D eigenvalue weighted by atomic mass is 32.2. The standard InChI is InChI=1S/C21H18N2O7S/c1-2-29-19(24)12-22-20(25)18(31-21(22)26)11-14-6-8-17(9-7-14)30-13-15-4-3-5-16(10-15)23(27)28/h3-11H,2,12-13H2,1H3. The van der Waals surface area contributed by atoms with Gasteiger partial charge in [-0.1, -0.05) is 24.3 Å². The first-order valence-electron chi connectivity index (χ1n) is 9.24. The molecule has 0 bridgehead atoms. The van der Waals surface area contributed by atoms with Crippen LogP contribution in [-0.2, 0) is 20.9 Å². The van der Waals surface area contributed by atoms with E-state index in [4.69, 9.17) is 9.47 Å². The minimum Gasteiger partial charge on any atom is -0.489 e. The first kappa shape index (κ1) is 22.0. The maximum absolute atomic E-state index is 12.4. The van der Waals surface area contributed by atoms with E-state index in [9.17, 15) is 24.5 Å². The zero-order valence-electron chi connectivity index (χ0n) is 16.5. The monoisotopic (exact) mass is 442 g/mol. The van der Waals surface area contributed by atoms with E-state index in [1.807, 2.05) is 0 Å². The van der Waals surface area contributed by atoms with Crippen LogP contribution in [0.25, 0.3) is 6.08 Å². The third-order valence-corrected chi connectivity index (χ3v) is 5.08. The molecule has 2 amide bonds. The third-order valence-electron chi connectivity index (χ3n) is 4.17. The van der Waals surface area contributed by atoms with Crippen molar-refractivity contribution in [1.82, 2.24) is 4.90 Å². The lowest BCUT2D eigenvalue weighted by Gasteiger charge is -2.10. The predicted octanol–water partition coefficient (Wildman–Crippen LogP) is 3.77. The van der Waals surface area contributed by atoms with Crippen LogP contribution in [-0.4, -0.2) is 40.1 Å². The minimum atomic E-state index is -0.642. The number of ether oxygens (including phenoxy) is 2. The molecule has 0 saturated carbocycles. The number of nitro benzene ring substituents is 1. The lowest BCUT2D eigenvalue weighted by Crippen LogP contribution is -2.34.